The van der Waals surface area contributed by atoms with Crippen LogP contribution < -0.4 is 10.9 Å². The lowest BCUT2D eigenvalue weighted by atomic mass is 10.1. The van der Waals surface area contributed by atoms with Crippen LogP contribution in [0.3, 0.4) is 0 Å². The van der Waals surface area contributed by atoms with E-state index in [9.17, 15) is 14.4 Å². The van der Waals surface area contributed by atoms with Gasteiger partial charge in [-0.1, -0.05) is 77.7 Å². The molecule has 0 unspecified atom stereocenters. The Kier molecular flexibility index (Phi) is 14.8. The van der Waals surface area contributed by atoms with Crippen LogP contribution in [0.2, 0.25) is 0 Å². The van der Waals surface area contributed by atoms with Crippen LogP contribution in [-0.2, 0) is 19.1 Å². The fourth-order valence-corrected chi connectivity index (χ4v) is 2.22. The van der Waals surface area contributed by atoms with Crippen LogP contribution in [-0.4, -0.2) is 24.4 Å². The van der Waals surface area contributed by atoms with E-state index in [0.717, 1.165) is 25.3 Å². The number of unbranched alkanes of at least 4 members (excludes halogenated alkanes) is 10. The molecule has 0 spiro atoms. The summed E-state index contributed by atoms with van der Waals surface area (Å²) in [6.45, 7) is 5.66. The quantitative estimate of drug-likeness (QED) is 0.177. The Labute approximate surface area is 145 Å². The van der Waals surface area contributed by atoms with E-state index in [1.807, 2.05) is 10.9 Å². The number of carbonyl (C=O) groups excluding carboxylic acids is 3. The van der Waals surface area contributed by atoms with Gasteiger partial charge >= 0.3 is 11.9 Å². The van der Waals surface area contributed by atoms with Crippen molar-refractivity contribution >= 4 is 17.8 Å². The molecule has 0 saturated carbocycles. The van der Waals surface area contributed by atoms with Gasteiger partial charge in [0.25, 0.3) is 5.91 Å². The molecule has 0 radical (unpaired) electrons. The molecular weight excluding hydrogens is 308 g/mol. The number of amides is 2. The Bertz CT molecular complexity index is 383. The van der Waals surface area contributed by atoms with Gasteiger partial charge in [0.1, 0.15) is 0 Å². The molecule has 0 atom stereocenters. The van der Waals surface area contributed by atoms with Gasteiger partial charge in [0.05, 0.1) is 6.61 Å². The second kappa shape index (κ2) is 16.0. The van der Waals surface area contributed by atoms with Crippen molar-refractivity contribution in [2.45, 2.75) is 77.6 Å². The molecule has 0 bridgehead atoms. The molecule has 6 nitrogen and oxygen atoms in total. The van der Waals surface area contributed by atoms with Crippen LogP contribution in [0.1, 0.15) is 77.6 Å². The topological polar surface area (TPSA) is 84.5 Å². The van der Waals surface area contributed by atoms with Crippen LogP contribution in [0, 0.1) is 0 Å². The van der Waals surface area contributed by atoms with E-state index in [1.54, 1.807) is 0 Å². The number of nitrogens with one attached hydrogen (secondary N) is 2. The molecular formula is C18H32N2O4. The van der Waals surface area contributed by atoms with Crippen molar-refractivity contribution in [3.8, 4) is 0 Å². The minimum absolute atomic E-state index is 0.221. The Balaban J connectivity index is 3.37. The van der Waals surface area contributed by atoms with Gasteiger partial charge in [0.2, 0.25) is 0 Å². The van der Waals surface area contributed by atoms with E-state index in [-0.39, 0.29) is 6.61 Å². The molecule has 0 aromatic rings. The number of ether oxygens (including phenoxy) is 1. The van der Waals surface area contributed by atoms with Gasteiger partial charge in [-0.15, -0.1) is 0 Å². The van der Waals surface area contributed by atoms with Crippen molar-refractivity contribution in [3.63, 3.8) is 0 Å². The standard InChI is InChI=1S/C18H32N2O4/c1-3-5-6-7-8-9-10-11-12-13-14-15-24-18(23)17(22)20-19-16(21)4-2/h4H,2-3,5-15H2,1H3,(H,19,21)(H,20,22). The second-order valence-electron chi connectivity index (χ2n) is 5.82. The molecule has 0 heterocycles. The first kappa shape index (κ1) is 22.1. The summed E-state index contributed by atoms with van der Waals surface area (Å²) >= 11 is 0. The highest BCUT2D eigenvalue weighted by Crippen LogP contribution is 2.11. The zero-order chi connectivity index (χ0) is 18.0. The zero-order valence-corrected chi connectivity index (χ0v) is 14.9. The van der Waals surface area contributed by atoms with Crippen molar-refractivity contribution in [1.82, 2.24) is 10.9 Å². The van der Waals surface area contributed by atoms with Gasteiger partial charge in [-0.2, -0.15) is 0 Å². The van der Waals surface area contributed by atoms with E-state index in [2.05, 4.69) is 13.5 Å². The van der Waals surface area contributed by atoms with Gasteiger partial charge < -0.3 is 4.74 Å². The summed E-state index contributed by atoms with van der Waals surface area (Å²) in [4.78, 5) is 33.4. The van der Waals surface area contributed by atoms with Gasteiger partial charge in [-0.25, -0.2) is 4.79 Å². The lowest BCUT2D eigenvalue weighted by Crippen LogP contribution is -2.44. The van der Waals surface area contributed by atoms with E-state index >= 15 is 0 Å². The van der Waals surface area contributed by atoms with Crippen molar-refractivity contribution < 1.29 is 19.1 Å². The van der Waals surface area contributed by atoms with Crippen molar-refractivity contribution in [2.24, 2.45) is 0 Å². The third-order valence-corrected chi connectivity index (χ3v) is 3.65. The third-order valence-electron chi connectivity index (χ3n) is 3.65. The molecule has 0 aliphatic heterocycles. The lowest BCUT2D eigenvalue weighted by Gasteiger charge is -2.06. The molecule has 0 fully saturated rings. The largest absolute Gasteiger partial charge is 0.459 e. The van der Waals surface area contributed by atoms with Crippen molar-refractivity contribution in [2.75, 3.05) is 6.61 Å². The lowest BCUT2D eigenvalue weighted by molar-refractivity contribution is -0.155. The summed E-state index contributed by atoms with van der Waals surface area (Å²) in [6, 6.07) is 0. The maximum atomic E-state index is 11.3. The molecule has 6 heteroatoms. The molecule has 0 aliphatic rings. The minimum atomic E-state index is -0.994. The van der Waals surface area contributed by atoms with E-state index in [4.69, 9.17) is 4.74 Å². The number of hydrogen-bond acceptors (Lipinski definition) is 4. The maximum Gasteiger partial charge on any atom is 0.398 e. The first-order chi connectivity index (χ1) is 11.6. The van der Waals surface area contributed by atoms with Crippen molar-refractivity contribution in [3.05, 3.63) is 12.7 Å². The number of esters is 1. The highest BCUT2D eigenvalue weighted by molar-refractivity contribution is 6.32. The molecule has 0 aromatic heterocycles. The van der Waals surface area contributed by atoms with Gasteiger partial charge in [0, 0.05) is 0 Å². The van der Waals surface area contributed by atoms with Crippen LogP contribution in [0.25, 0.3) is 0 Å². The first-order valence-electron chi connectivity index (χ1n) is 9.01. The average molecular weight is 340 g/mol. The summed E-state index contributed by atoms with van der Waals surface area (Å²) in [5.41, 5.74) is 3.94. The summed E-state index contributed by atoms with van der Waals surface area (Å²) < 4.78 is 4.82. The summed E-state index contributed by atoms with van der Waals surface area (Å²) in [5.74, 6) is -2.58. The second-order valence-corrected chi connectivity index (χ2v) is 5.82. The highest BCUT2D eigenvalue weighted by atomic mass is 16.5. The van der Waals surface area contributed by atoms with E-state index in [1.165, 1.54) is 51.4 Å². The fourth-order valence-electron chi connectivity index (χ4n) is 2.22. The normalized spacial score (nSPS) is 10.0. The van der Waals surface area contributed by atoms with Crippen LogP contribution >= 0.6 is 0 Å². The number of rotatable bonds is 13. The molecule has 24 heavy (non-hydrogen) atoms. The molecule has 0 aromatic carbocycles. The SMILES string of the molecule is C=CC(=O)NNC(=O)C(=O)OCCCCCCCCCCCCC. The Morgan fingerprint density at radius 2 is 1.33 bits per heavy atom. The van der Waals surface area contributed by atoms with E-state index in [0.29, 0.717) is 0 Å². The van der Waals surface area contributed by atoms with Gasteiger partial charge in [0.15, 0.2) is 0 Å². The fraction of sp³-hybridized carbons (Fsp3) is 0.722. The molecule has 2 N–H and O–H groups in total. The zero-order valence-electron chi connectivity index (χ0n) is 14.9. The summed E-state index contributed by atoms with van der Waals surface area (Å²) in [7, 11) is 0. The molecule has 0 rings (SSSR count). The smallest absolute Gasteiger partial charge is 0.398 e. The highest BCUT2D eigenvalue weighted by Gasteiger charge is 2.14. The Morgan fingerprint density at radius 1 is 0.833 bits per heavy atom. The molecule has 138 valence electrons. The van der Waals surface area contributed by atoms with E-state index < -0.39 is 17.8 Å². The predicted octanol–water partition coefficient (Wildman–Crippen LogP) is 3.17. The maximum absolute atomic E-state index is 11.3. The Hall–Kier alpha value is -1.85. The number of carbonyl (C=O) groups is 3. The predicted molar refractivity (Wildman–Crippen MR) is 93.9 cm³/mol. The van der Waals surface area contributed by atoms with Crippen molar-refractivity contribution in [1.29, 1.82) is 0 Å². The number of hydrazine groups is 1. The summed E-state index contributed by atoms with van der Waals surface area (Å²) in [6.07, 6.45) is 14.3. The third kappa shape index (κ3) is 13.8. The van der Waals surface area contributed by atoms with Crippen LogP contribution in [0.4, 0.5) is 0 Å². The van der Waals surface area contributed by atoms with Gasteiger partial charge in [-0.3, -0.25) is 20.4 Å². The molecule has 2 amide bonds. The number of hydrogen-bond donors (Lipinski definition) is 2. The van der Waals surface area contributed by atoms with Crippen LogP contribution in [0.5, 0.6) is 0 Å². The average Bonchev–Trinajstić information content (AvgIpc) is 2.59. The minimum Gasteiger partial charge on any atom is -0.459 e. The van der Waals surface area contributed by atoms with Crippen LogP contribution in [0.15, 0.2) is 12.7 Å². The molecule has 0 saturated heterocycles. The first-order valence-corrected chi connectivity index (χ1v) is 9.01. The molecule has 0 aliphatic carbocycles. The Morgan fingerprint density at radius 3 is 1.83 bits per heavy atom. The monoisotopic (exact) mass is 340 g/mol. The summed E-state index contributed by atoms with van der Waals surface area (Å²) in [5, 5.41) is 0. The van der Waals surface area contributed by atoms with Gasteiger partial charge in [-0.05, 0) is 12.5 Å².